The number of thiophene rings is 1. The van der Waals surface area contributed by atoms with Gasteiger partial charge in [0.2, 0.25) is 5.91 Å². The van der Waals surface area contributed by atoms with Gasteiger partial charge >= 0.3 is 0 Å². The first-order chi connectivity index (χ1) is 17.9. The third kappa shape index (κ3) is 7.93. The molecule has 37 heavy (non-hydrogen) atoms. The average Bonchev–Trinajstić information content (AvgIpc) is 3.21. The molecule has 1 fully saturated rings. The Labute approximate surface area is 231 Å². The molecule has 3 aromatic rings. The van der Waals surface area contributed by atoms with Crippen molar-refractivity contribution in [3.63, 3.8) is 0 Å². The van der Waals surface area contributed by atoms with Crippen LogP contribution in [0.3, 0.4) is 0 Å². The molecule has 1 saturated heterocycles. The lowest BCUT2D eigenvalue weighted by molar-refractivity contribution is -0.119. The number of likely N-dealkylation sites (N-methyl/N-ethyl adjacent to an activating group) is 1. The lowest BCUT2D eigenvalue weighted by Crippen LogP contribution is -2.46. The number of hydrogen-bond donors (Lipinski definition) is 2. The van der Waals surface area contributed by atoms with Crippen LogP contribution in [0.25, 0.3) is 0 Å². The van der Waals surface area contributed by atoms with E-state index in [2.05, 4.69) is 27.5 Å². The van der Waals surface area contributed by atoms with Crippen LogP contribution in [0, 0.1) is 0 Å². The largest absolute Gasteiger partial charge is 0.374 e. The molecule has 1 aromatic heterocycles. The van der Waals surface area contributed by atoms with Crippen LogP contribution in [-0.2, 0) is 16.1 Å². The second-order valence-electron chi connectivity index (χ2n) is 8.93. The van der Waals surface area contributed by atoms with E-state index in [0.29, 0.717) is 26.5 Å². The molecule has 2 heterocycles. The normalized spacial score (nSPS) is 15.2. The van der Waals surface area contributed by atoms with Crippen LogP contribution in [0.1, 0.15) is 21.7 Å². The Bertz CT molecular complexity index is 1210. The van der Waals surface area contributed by atoms with Gasteiger partial charge < -0.3 is 25.2 Å². The molecule has 1 aliphatic heterocycles. The lowest BCUT2D eigenvalue weighted by Gasteiger charge is -2.24. The molecule has 4 rings (SSSR count). The summed E-state index contributed by atoms with van der Waals surface area (Å²) in [7, 11) is 2.12. The van der Waals surface area contributed by atoms with E-state index >= 15 is 0 Å². The van der Waals surface area contributed by atoms with E-state index in [4.69, 9.17) is 27.9 Å². The van der Waals surface area contributed by atoms with Crippen LogP contribution >= 0.6 is 34.5 Å². The van der Waals surface area contributed by atoms with Crippen molar-refractivity contribution in [3.8, 4) is 0 Å². The maximum Gasteiger partial charge on any atom is 0.262 e. The summed E-state index contributed by atoms with van der Waals surface area (Å²) in [5.41, 5.74) is 2.47. The SMILES string of the molecule is CN1CCCN(c2ccc(NC(=O)[C@@H](COCc3ccccc3)NC(=O)c3ccc(Cl)s3)cc2Cl)CC1. The minimum Gasteiger partial charge on any atom is -0.374 e. The van der Waals surface area contributed by atoms with Gasteiger partial charge in [0.15, 0.2) is 0 Å². The Morgan fingerprint density at radius 3 is 2.57 bits per heavy atom. The highest BCUT2D eigenvalue weighted by molar-refractivity contribution is 7.18. The van der Waals surface area contributed by atoms with Gasteiger partial charge in [-0.15, -0.1) is 11.3 Å². The van der Waals surface area contributed by atoms with Crippen molar-refractivity contribution >= 4 is 57.7 Å². The van der Waals surface area contributed by atoms with Crippen LogP contribution in [0.4, 0.5) is 11.4 Å². The molecule has 1 atom stereocenters. The van der Waals surface area contributed by atoms with Gasteiger partial charge in [-0.25, -0.2) is 0 Å². The molecule has 1 aliphatic rings. The summed E-state index contributed by atoms with van der Waals surface area (Å²) in [5, 5.41) is 6.21. The summed E-state index contributed by atoms with van der Waals surface area (Å²) in [6.07, 6.45) is 1.06. The summed E-state index contributed by atoms with van der Waals surface area (Å²) < 4.78 is 6.29. The van der Waals surface area contributed by atoms with Crippen molar-refractivity contribution in [2.75, 3.05) is 50.1 Å². The Morgan fingerprint density at radius 1 is 1.03 bits per heavy atom. The smallest absolute Gasteiger partial charge is 0.262 e. The van der Waals surface area contributed by atoms with Crippen molar-refractivity contribution in [2.24, 2.45) is 0 Å². The van der Waals surface area contributed by atoms with Crippen LogP contribution in [-0.4, -0.2) is 62.6 Å². The van der Waals surface area contributed by atoms with Gasteiger partial charge in [0, 0.05) is 25.3 Å². The second-order valence-corrected chi connectivity index (χ2v) is 11.1. The number of hydrogen-bond acceptors (Lipinski definition) is 6. The molecule has 2 amide bonds. The van der Waals surface area contributed by atoms with E-state index in [-0.39, 0.29) is 12.5 Å². The third-order valence-electron chi connectivity index (χ3n) is 6.09. The number of halogens is 2. The quantitative estimate of drug-likeness (QED) is 0.378. The minimum absolute atomic E-state index is 0.00130. The van der Waals surface area contributed by atoms with Gasteiger partial charge in [-0.1, -0.05) is 53.5 Å². The third-order valence-corrected chi connectivity index (χ3v) is 7.62. The first-order valence-electron chi connectivity index (χ1n) is 12.1. The molecular formula is C27H30Cl2N4O3S. The Kier molecular flexibility index (Phi) is 9.82. The highest BCUT2D eigenvalue weighted by Gasteiger charge is 2.24. The Hall–Kier alpha value is -2.62. The summed E-state index contributed by atoms with van der Waals surface area (Å²) >= 11 is 13.7. The average molecular weight is 562 g/mol. The molecule has 0 bridgehead atoms. The predicted molar refractivity (Wildman–Crippen MR) is 151 cm³/mol. The van der Waals surface area contributed by atoms with Crippen molar-refractivity contribution in [1.29, 1.82) is 0 Å². The van der Waals surface area contributed by atoms with Gasteiger partial charge in [0.1, 0.15) is 6.04 Å². The zero-order chi connectivity index (χ0) is 26.2. The van der Waals surface area contributed by atoms with Gasteiger partial charge in [-0.3, -0.25) is 9.59 Å². The number of anilines is 2. The summed E-state index contributed by atoms with van der Waals surface area (Å²) in [5.74, 6) is -0.788. The van der Waals surface area contributed by atoms with E-state index in [1.165, 1.54) is 0 Å². The fourth-order valence-electron chi connectivity index (χ4n) is 4.08. The van der Waals surface area contributed by atoms with Crippen LogP contribution < -0.4 is 15.5 Å². The fourth-order valence-corrected chi connectivity index (χ4v) is 5.32. The minimum atomic E-state index is -0.920. The molecule has 0 spiro atoms. The summed E-state index contributed by atoms with van der Waals surface area (Å²) in [4.78, 5) is 31.0. The number of carbonyl (C=O) groups excluding carboxylic acids is 2. The lowest BCUT2D eigenvalue weighted by atomic mass is 10.2. The van der Waals surface area contributed by atoms with Crippen LogP contribution in [0.15, 0.2) is 60.7 Å². The second kappa shape index (κ2) is 13.3. The van der Waals surface area contributed by atoms with Crippen LogP contribution in [0.5, 0.6) is 0 Å². The molecule has 0 radical (unpaired) electrons. The van der Waals surface area contributed by atoms with Crippen molar-refractivity contribution in [1.82, 2.24) is 10.2 Å². The maximum atomic E-state index is 13.2. The first-order valence-corrected chi connectivity index (χ1v) is 13.7. The van der Waals surface area contributed by atoms with E-state index < -0.39 is 11.9 Å². The number of ether oxygens (including phenoxy) is 1. The number of rotatable bonds is 9. The molecule has 0 saturated carbocycles. The zero-order valence-corrected chi connectivity index (χ0v) is 22.9. The fraction of sp³-hybridized carbons (Fsp3) is 0.333. The number of carbonyl (C=O) groups is 2. The van der Waals surface area contributed by atoms with E-state index in [1.54, 1.807) is 18.2 Å². The van der Waals surface area contributed by atoms with Gasteiger partial charge in [-0.05, 0) is 55.9 Å². The van der Waals surface area contributed by atoms with E-state index in [0.717, 1.165) is 55.2 Å². The predicted octanol–water partition coefficient (Wildman–Crippen LogP) is 5.15. The summed E-state index contributed by atoms with van der Waals surface area (Å²) in [6, 6.07) is 17.5. The van der Waals surface area contributed by atoms with Gasteiger partial charge in [0.05, 0.1) is 33.1 Å². The van der Waals surface area contributed by atoms with Gasteiger partial charge in [0.25, 0.3) is 5.91 Å². The monoisotopic (exact) mass is 560 g/mol. The molecule has 10 heteroatoms. The van der Waals surface area contributed by atoms with E-state index in [9.17, 15) is 9.59 Å². The molecule has 0 aliphatic carbocycles. The molecular weight excluding hydrogens is 531 g/mol. The molecule has 7 nitrogen and oxygen atoms in total. The molecule has 0 unspecified atom stereocenters. The standard InChI is InChI=1S/C27H30Cl2N4O3S/c1-32-12-5-13-33(15-14-32)23-9-8-20(16-21(23)28)30-26(34)22(18-36-17-19-6-3-2-4-7-19)31-27(35)24-10-11-25(29)37-24/h2-4,6-11,16,22H,5,12-15,17-18H2,1H3,(H,30,34)(H,31,35)/t22-/m1/s1. The zero-order valence-electron chi connectivity index (χ0n) is 20.6. The van der Waals surface area contributed by atoms with Crippen molar-refractivity contribution in [3.05, 3.63) is 80.5 Å². The molecule has 196 valence electrons. The van der Waals surface area contributed by atoms with Crippen molar-refractivity contribution < 1.29 is 14.3 Å². The topological polar surface area (TPSA) is 73.9 Å². The highest BCUT2D eigenvalue weighted by Crippen LogP contribution is 2.30. The van der Waals surface area contributed by atoms with E-state index in [1.807, 2.05) is 42.5 Å². The molecule has 2 aromatic carbocycles. The Morgan fingerprint density at radius 2 is 1.84 bits per heavy atom. The number of amides is 2. The van der Waals surface area contributed by atoms with Crippen molar-refractivity contribution in [2.45, 2.75) is 19.1 Å². The van der Waals surface area contributed by atoms with Crippen LogP contribution in [0.2, 0.25) is 9.36 Å². The number of benzene rings is 2. The number of nitrogens with one attached hydrogen (secondary N) is 2. The van der Waals surface area contributed by atoms with Gasteiger partial charge in [-0.2, -0.15) is 0 Å². The Balaban J connectivity index is 1.43. The highest BCUT2D eigenvalue weighted by atomic mass is 35.5. The maximum absolute atomic E-state index is 13.2. The first kappa shape index (κ1) is 27.4. The number of nitrogens with zero attached hydrogens (tertiary/aromatic N) is 2. The molecule has 2 N–H and O–H groups in total. The summed E-state index contributed by atoms with van der Waals surface area (Å²) in [6.45, 7) is 4.15.